The zero-order chi connectivity index (χ0) is 15.8. The van der Waals surface area contributed by atoms with Gasteiger partial charge in [0.15, 0.2) is 0 Å². The van der Waals surface area contributed by atoms with E-state index in [4.69, 9.17) is 5.11 Å². The zero-order valence-electron chi connectivity index (χ0n) is 12.0. The average Bonchev–Trinajstić information content (AvgIpc) is 2.42. The Balaban J connectivity index is 2.72. The second-order valence-corrected chi connectivity index (χ2v) is 4.48. The first-order valence-electron chi connectivity index (χ1n) is 6.44. The van der Waals surface area contributed by atoms with Gasteiger partial charge < -0.3 is 15.7 Å². The Morgan fingerprint density at radius 3 is 2.48 bits per heavy atom. The topological polar surface area (TPSA) is 95.5 Å². The van der Waals surface area contributed by atoms with Gasteiger partial charge in [-0.15, -0.1) is 0 Å². The average molecular weight is 290 g/mol. The lowest BCUT2D eigenvalue weighted by Crippen LogP contribution is -2.33. The zero-order valence-corrected chi connectivity index (χ0v) is 12.0. The molecular weight excluding hydrogens is 272 g/mol. The van der Waals surface area contributed by atoms with Crippen LogP contribution in [0.4, 0.5) is 0 Å². The molecule has 0 saturated heterocycles. The Morgan fingerprint density at radius 1 is 1.19 bits per heavy atom. The highest BCUT2D eigenvalue weighted by Crippen LogP contribution is 2.12. The summed E-state index contributed by atoms with van der Waals surface area (Å²) in [6, 6.07) is 5.12. The first kappa shape index (κ1) is 16.4. The summed E-state index contributed by atoms with van der Waals surface area (Å²) >= 11 is 0. The second kappa shape index (κ2) is 7.84. The lowest BCUT2D eigenvalue weighted by Gasteiger charge is -2.09. The van der Waals surface area contributed by atoms with Gasteiger partial charge in [-0.1, -0.05) is 12.1 Å². The number of aliphatic carboxylic acids is 1. The van der Waals surface area contributed by atoms with Crippen LogP contribution in [0, 0.1) is 6.92 Å². The van der Waals surface area contributed by atoms with Crippen molar-refractivity contribution in [3.63, 3.8) is 0 Å². The minimum absolute atomic E-state index is 0.152. The predicted octanol–water partition coefficient (Wildman–Crippen LogP) is 0.959. The van der Waals surface area contributed by atoms with Gasteiger partial charge in [0.25, 0.3) is 5.91 Å². The van der Waals surface area contributed by atoms with Gasteiger partial charge in [0.05, 0.1) is 0 Å². The smallest absolute Gasteiger partial charge is 0.328 e. The number of amides is 2. The second-order valence-electron chi connectivity index (χ2n) is 4.48. The molecule has 6 heteroatoms. The molecule has 1 aromatic rings. The SMILES string of the molecule is CC(=O)NCCNC(=O)c1cc(C=CC(=O)O)ccc1C. The van der Waals surface area contributed by atoms with Crippen molar-refractivity contribution in [3.05, 3.63) is 41.0 Å². The Hall–Kier alpha value is -2.63. The molecule has 0 saturated carbocycles. The van der Waals surface area contributed by atoms with Crippen LogP contribution in [0.25, 0.3) is 6.08 Å². The molecule has 112 valence electrons. The van der Waals surface area contributed by atoms with E-state index in [1.165, 1.54) is 13.0 Å². The molecule has 0 fully saturated rings. The Bertz CT molecular complexity index is 579. The van der Waals surface area contributed by atoms with E-state index in [-0.39, 0.29) is 11.8 Å². The van der Waals surface area contributed by atoms with Crippen LogP contribution in [-0.2, 0) is 9.59 Å². The highest BCUT2D eigenvalue weighted by molar-refractivity contribution is 5.96. The maximum absolute atomic E-state index is 12.0. The number of hydrogen-bond acceptors (Lipinski definition) is 3. The van der Waals surface area contributed by atoms with E-state index in [0.717, 1.165) is 11.6 Å². The number of carbonyl (C=O) groups excluding carboxylic acids is 2. The first-order chi connectivity index (χ1) is 9.90. The van der Waals surface area contributed by atoms with E-state index in [9.17, 15) is 14.4 Å². The van der Waals surface area contributed by atoms with E-state index in [1.807, 2.05) is 0 Å². The fraction of sp³-hybridized carbons (Fsp3) is 0.267. The molecule has 0 aliphatic heterocycles. The Morgan fingerprint density at radius 2 is 1.86 bits per heavy atom. The highest BCUT2D eigenvalue weighted by Gasteiger charge is 2.08. The molecule has 0 bridgehead atoms. The highest BCUT2D eigenvalue weighted by atomic mass is 16.4. The molecule has 0 heterocycles. The number of benzene rings is 1. The lowest BCUT2D eigenvalue weighted by atomic mass is 10.0. The monoisotopic (exact) mass is 290 g/mol. The van der Waals surface area contributed by atoms with Crippen LogP contribution in [-0.4, -0.2) is 36.0 Å². The molecular formula is C15H18N2O4. The van der Waals surface area contributed by atoms with Crippen molar-refractivity contribution in [1.82, 2.24) is 10.6 Å². The summed E-state index contributed by atoms with van der Waals surface area (Å²) in [6.45, 7) is 3.89. The van der Waals surface area contributed by atoms with Gasteiger partial charge >= 0.3 is 5.97 Å². The number of carboxylic acids is 1. The molecule has 1 rings (SSSR count). The third-order valence-electron chi connectivity index (χ3n) is 2.71. The summed E-state index contributed by atoms with van der Waals surface area (Å²) in [7, 11) is 0. The molecule has 6 nitrogen and oxygen atoms in total. The van der Waals surface area contributed by atoms with Crippen LogP contribution in [0.1, 0.15) is 28.4 Å². The van der Waals surface area contributed by atoms with Gasteiger partial charge in [-0.25, -0.2) is 4.79 Å². The fourth-order valence-electron chi connectivity index (χ4n) is 1.67. The summed E-state index contributed by atoms with van der Waals surface area (Å²) in [5, 5.41) is 13.9. The molecule has 0 aliphatic carbocycles. The molecule has 3 N–H and O–H groups in total. The first-order valence-corrected chi connectivity index (χ1v) is 6.44. The lowest BCUT2D eigenvalue weighted by molar-refractivity contribution is -0.131. The van der Waals surface area contributed by atoms with E-state index >= 15 is 0 Å². The third kappa shape index (κ3) is 5.90. The number of rotatable bonds is 6. The number of hydrogen-bond donors (Lipinski definition) is 3. The maximum Gasteiger partial charge on any atom is 0.328 e. The van der Waals surface area contributed by atoms with Crippen molar-refractivity contribution >= 4 is 23.9 Å². The number of carboxylic acid groups (broad SMARTS) is 1. The van der Waals surface area contributed by atoms with Crippen LogP contribution in [0.15, 0.2) is 24.3 Å². The third-order valence-corrected chi connectivity index (χ3v) is 2.71. The molecule has 0 radical (unpaired) electrons. The summed E-state index contributed by atoms with van der Waals surface area (Å²) in [5.74, 6) is -1.46. The van der Waals surface area contributed by atoms with E-state index in [0.29, 0.717) is 24.2 Å². The molecule has 2 amide bonds. The van der Waals surface area contributed by atoms with Crippen molar-refractivity contribution in [2.75, 3.05) is 13.1 Å². The van der Waals surface area contributed by atoms with Gasteiger partial charge in [0, 0.05) is 31.7 Å². The fourth-order valence-corrected chi connectivity index (χ4v) is 1.67. The van der Waals surface area contributed by atoms with Crippen LogP contribution < -0.4 is 10.6 Å². The van der Waals surface area contributed by atoms with Crippen LogP contribution in [0.5, 0.6) is 0 Å². The molecule has 0 aromatic heterocycles. The standard InChI is InChI=1S/C15H18N2O4/c1-10-3-4-12(5-6-14(19)20)9-13(10)15(21)17-8-7-16-11(2)18/h3-6,9H,7-8H2,1-2H3,(H,16,18)(H,17,21)(H,19,20). The summed E-state index contributed by atoms with van der Waals surface area (Å²) in [6.07, 6.45) is 2.44. The van der Waals surface area contributed by atoms with Crippen LogP contribution >= 0.6 is 0 Å². The minimum atomic E-state index is -1.04. The predicted molar refractivity (Wildman–Crippen MR) is 78.9 cm³/mol. The Labute approximate surface area is 122 Å². The number of carbonyl (C=O) groups is 3. The van der Waals surface area contributed by atoms with Crippen LogP contribution in [0.3, 0.4) is 0 Å². The van der Waals surface area contributed by atoms with E-state index in [1.54, 1.807) is 25.1 Å². The molecule has 21 heavy (non-hydrogen) atoms. The van der Waals surface area contributed by atoms with Gasteiger partial charge in [0.2, 0.25) is 5.91 Å². The summed E-state index contributed by atoms with van der Waals surface area (Å²) in [4.78, 5) is 33.2. The van der Waals surface area contributed by atoms with Crippen LogP contribution in [0.2, 0.25) is 0 Å². The molecule has 0 atom stereocenters. The van der Waals surface area contributed by atoms with Gasteiger partial charge in [-0.3, -0.25) is 9.59 Å². The van der Waals surface area contributed by atoms with Crippen molar-refractivity contribution < 1.29 is 19.5 Å². The van der Waals surface area contributed by atoms with Crippen molar-refractivity contribution in [2.24, 2.45) is 0 Å². The molecule has 1 aromatic carbocycles. The van der Waals surface area contributed by atoms with Gasteiger partial charge in [-0.05, 0) is 30.2 Å². The number of nitrogens with one attached hydrogen (secondary N) is 2. The van der Waals surface area contributed by atoms with E-state index < -0.39 is 5.97 Å². The van der Waals surface area contributed by atoms with Crippen molar-refractivity contribution in [2.45, 2.75) is 13.8 Å². The van der Waals surface area contributed by atoms with E-state index in [2.05, 4.69) is 10.6 Å². The molecule has 0 unspecified atom stereocenters. The number of aryl methyl sites for hydroxylation is 1. The summed E-state index contributed by atoms with van der Waals surface area (Å²) in [5.41, 5.74) is 1.90. The molecule has 0 aliphatic rings. The van der Waals surface area contributed by atoms with Gasteiger partial charge in [0.1, 0.15) is 0 Å². The largest absolute Gasteiger partial charge is 0.478 e. The maximum atomic E-state index is 12.0. The summed E-state index contributed by atoms with van der Waals surface area (Å²) < 4.78 is 0. The normalized spacial score (nSPS) is 10.4. The molecule has 0 spiro atoms. The quantitative estimate of drug-likeness (QED) is 0.537. The minimum Gasteiger partial charge on any atom is -0.478 e. The Kier molecular flexibility index (Phi) is 6.13. The van der Waals surface area contributed by atoms with Crippen molar-refractivity contribution in [3.8, 4) is 0 Å². The van der Waals surface area contributed by atoms with Crippen molar-refractivity contribution in [1.29, 1.82) is 0 Å². The van der Waals surface area contributed by atoms with Gasteiger partial charge in [-0.2, -0.15) is 0 Å².